The fourth-order valence-corrected chi connectivity index (χ4v) is 4.49. The number of anilines is 1. The summed E-state index contributed by atoms with van der Waals surface area (Å²) in [5.41, 5.74) is 0.453. The second kappa shape index (κ2) is 9.14. The van der Waals surface area contributed by atoms with E-state index in [0.717, 1.165) is 0 Å². The number of furan rings is 1. The lowest BCUT2D eigenvalue weighted by Gasteiger charge is -2.23. The normalized spacial score (nSPS) is 17.0. The molecule has 4 rings (SSSR count). The van der Waals surface area contributed by atoms with E-state index in [-0.39, 0.29) is 38.4 Å². The Bertz CT molecular complexity index is 1360. The zero-order valence-corrected chi connectivity index (χ0v) is 19.3. The van der Waals surface area contributed by atoms with Crippen LogP contribution < -0.4 is 14.4 Å². The minimum Gasteiger partial charge on any atom is -0.507 e. The molecule has 1 amide bonds. The third kappa shape index (κ3) is 3.65. The summed E-state index contributed by atoms with van der Waals surface area (Å²) in [5.74, 6) is -2.04. The number of carbonyl (C=O) groups excluding carboxylic acids is 2. The van der Waals surface area contributed by atoms with Crippen LogP contribution in [0, 0.1) is 11.3 Å². The average Bonchev–Trinajstić information content (AvgIpc) is 3.45. The molecule has 8 nitrogen and oxygen atoms in total. The van der Waals surface area contributed by atoms with E-state index in [9.17, 15) is 14.7 Å². The van der Waals surface area contributed by atoms with E-state index in [0.29, 0.717) is 11.3 Å². The first-order chi connectivity index (χ1) is 16.3. The number of hydrogen-bond acceptors (Lipinski definition) is 7. The second-order valence-electron chi connectivity index (χ2n) is 7.13. The van der Waals surface area contributed by atoms with Crippen LogP contribution >= 0.6 is 23.2 Å². The van der Waals surface area contributed by atoms with E-state index < -0.39 is 23.5 Å². The second-order valence-corrected chi connectivity index (χ2v) is 7.91. The van der Waals surface area contributed by atoms with Crippen molar-refractivity contribution in [1.29, 1.82) is 5.26 Å². The first kappa shape index (κ1) is 23.2. The maximum atomic E-state index is 13.2. The molecule has 1 aromatic heterocycles. The Morgan fingerprint density at radius 3 is 2.35 bits per heavy atom. The Morgan fingerprint density at radius 1 is 1.12 bits per heavy atom. The number of nitrogens with zero attached hydrogens (tertiary/aromatic N) is 2. The number of ether oxygens (including phenoxy) is 2. The number of amides is 1. The van der Waals surface area contributed by atoms with Gasteiger partial charge in [0.25, 0.3) is 11.7 Å². The van der Waals surface area contributed by atoms with Crippen molar-refractivity contribution in [2.24, 2.45) is 0 Å². The number of methoxy groups -OCH3 is 2. The van der Waals surface area contributed by atoms with Gasteiger partial charge < -0.3 is 19.0 Å². The number of aliphatic hydroxyl groups is 1. The van der Waals surface area contributed by atoms with E-state index >= 15 is 0 Å². The topological polar surface area (TPSA) is 113 Å². The minimum atomic E-state index is -1.10. The number of benzene rings is 2. The maximum absolute atomic E-state index is 13.2. The van der Waals surface area contributed by atoms with Crippen molar-refractivity contribution in [3.8, 4) is 17.6 Å². The van der Waals surface area contributed by atoms with E-state index in [2.05, 4.69) is 0 Å². The molecule has 1 fully saturated rings. The van der Waals surface area contributed by atoms with Crippen molar-refractivity contribution in [2.75, 3.05) is 19.1 Å². The largest absolute Gasteiger partial charge is 0.507 e. The van der Waals surface area contributed by atoms with Crippen LogP contribution in [0.4, 0.5) is 5.69 Å². The van der Waals surface area contributed by atoms with Crippen molar-refractivity contribution in [3.63, 3.8) is 0 Å². The van der Waals surface area contributed by atoms with E-state index in [1.807, 2.05) is 6.07 Å². The van der Waals surface area contributed by atoms with Crippen LogP contribution in [0.2, 0.25) is 10.0 Å². The molecule has 0 aliphatic carbocycles. The molecule has 1 N–H and O–H groups in total. The fraction of sp³-hybridized carbons (Fsp3) is 0.125. The minimum absolute atomic E-state index is 0.00295. The fourth-order valence-electron chi connectivity index (χ4n) is 3.80. The first-order valence-electron chi connectivity index (χ1n) is 9.78. The molecular formula is C24H16Cl2N2O6. The molecule has 3 aromatic rings. The number of rotatable bonds is 5. The van der Waals surface area contributed by atoms with Crippen molar-refractivity contribution in [3.05, 3.63) is 81.2 Å². The zero-order chi connectivity index (χ0) is 24.6. The molecule has 0 spiro atoms. The lowest BCUT2D eigenvalue weighted by atomic mass is 9.98. The molecule has 10 heteroatoms. The monoisotopic (exact) mass is 498 g/mol. The van der Waals surface area contributed by atoms with Gasteiger partial charge in [-0.25, -0.2) is 0 Å². The summed E-state index contributed by atoms with van der Waals surface area (Å²) in [6.07, 6.45) is 1.38. The van der Waals surface area contributed by atoms with Crippen LogP contribution in [0.5, 0.6) is 11.5 Å². The molecule has 1 unspecified atom stereocenters. The van der Waals surface area contributed by atoms with Gasteiger partial charge in [-0.1, -0.05) is 23.2 Å². The predicted molar refractivity (Wildman–Crippen MR) is 124 cm³/mol. The quantitative estimate of drug-likeness (QED) is 0.295. The molecule has 2 aromatic carbocycles. The number of ketones is 1. The number of halogens is 2. The Hall–Kier alpha value is -3.93. The van der Waals surface area contributed by atoms with Crippen LogP contribution in [0.15, 0.2) is 58.7 Å². The summed E-state index contributed by atoms with van der Waals surface area (Å²) in [6.45, 7) is 0. The van der Waals surface area contributed by atoms with Crippen LogP contribution in [-0.4, -0.2) is 31.0 Å². The first-order valence-corrected chi connectivity index (χ1v) is 10.5. The third-order valence-electron chi connectivity index (χ3n) is 5.33. The average molecular weight is 499 g/mol. The molecule has 34 heavy (non-hydrogen) atoms. The Kier molecular flexibility index (Phi) is 6.24. The number of Topliss-reactive ketones (excluding diaryl/α,β-unsaturated/α-hetero) is 1. The smallest absolute Gasteiger partial charge is 0.300 e. The van der Waals surface area contributed by atoms with Gasteiger partial charge in [0, 0.05) is 5.69 Å². The van der Waals surface area contributed by atoms with Gasteiger partial charge in [0.2, 0.25) is 0 Å². The van der Waals surface area contributed by atoms with Crippen molar-refractivity contribution in [2.45, 2.75) is 6.04 Å². The summed E-state index contributed by atoms with van der Waals surface area (Å²) in [5, 5.41) is 20.4. The summed E-state index contributed by atoms with van der Waals surface area (Å²) in [6, 6.07) is 11.5. The van der Waals surface area contributed by atoms with Crippen LogP contribution in [-0.2, 0) is 9.59 Å². The van der Waals surface area contributed by atoms with Crippen molar-refractivity contribution >= 4 is 46.3 Å². The molecule has 1 saturated heterocycles. The van der Waals surface area contributed by atoms with Gasteiger partial charge in [0.05, 0.1) is 48.3 Å². The lowest BCUT2D eigenvalue weighted by molar-refractivity contribution is -0.132. The number of hydrogen-bond donors (Lipinski definition) is 1. The van der Waals surface area contributed by atoms with E-state index in [4.69, 9.17) is 42.4 Å². The summed E-state index contributed by atoms with van der Waals surface area (Å²) in [7, 11) is 2.69. The van der Waals surface area contributed by atoms with E-state index in [1.165, 1.54) is 55.7 Å². The molecular weight excluding hydrogens is 483 g/mol. The van der Waals surface area contributed by atoms with Crippen LogP contribution in [0.3, 0.4) is 0 Å². The van der Waals surface area contributed by atoms with Crippen LogP contribution in [0.25, 0.3) is 5.76 Å². The molecule has 0 saturated carbocycles. The van der Waals surface area contributed by atoms with Gasteiger partial charge >= 0.3 is 0 Å². The predicted octanol–water partition coefficient (Wildman–Crippen LogP) is 5.10. The molecule has 172 valence electrons. The number of carbonyl (C=O) groups is 2. The summed E-state index contributed by atoms with van der Waals surface area (Å²) < 4.78 is 16.1. The summed E-state index contributed by atoms with van der Waals surface area (Å²) >= 11 is 12.6. The van der Waals surface area contributed by atoms with Crippen LogP contribution in [0.1, 0.15) is 22.9 Å². The Balaban J connectivity index is 1.97. The molecule has 2 heterocycles. The Labute approximate surface area is 204 Å². The highest BCUT2D eigenvalue weighted by atomic mass is 35.5. The number of aliphatic hydroxyl groups excluding tert-OH is 1. The van der Waals surface area contributed by atoms with Gasteiger partial charge in [-0.15, -0.1) is 0 Å². The third-order valence-corrected chi connectivity index (χ3v) is 5.95. The standard InChI is InChI=1S/C24H16Cl2N2O6/c1-32-22-14(10-15(25)23(33-2)18(22)26)20(29)17-19(16-4-3-9-34-16)28(24(31)21(17)30)13-7-5-12(11-27)6-8-13/h3-10,19,29H,1-2H3/b20-17-. The van der Waals surface area contributed by atoms with Gasteiger partial charge in [0.1, 0.15) is 22.6 Å². The molecule has 0 radical (unpaired) electrons. The molecule has 1 aliphatic rings. The molecule has 0 bridgehead atoms. The van der Waals surface area contributed by atoms with Crippen molar-refractivity contribution in [1.82, 2.24) is 0 Å². The lowest BCUT2D eigenvalue weighted by Crippen LogP contribution is -2.29. The number of nitriles is 1. The molecule has 1 aliphatic heterocycles. The van der Waals surface area contributed by atoms with Gasteiger partial charge in [0.15, 0.2) is 11.5 Å². The molecule has 1 atom stereocenters. The highest BCUT2D eigenvalue weighted by molar-refractivity contribution is 6.51. The SMILES string of the molecule is COc1c(Cl)cc(/C(O)=C2/C(=O)C(=O)N(c3ccc(C#N)cc3)C2c2ccco2)c(OC)c1Cl. The van der Waals surface area contributed by atoms with Gasteiger partial charge in [-0.05, 0) is 42.5 Å². The van der Waals surface area contributed by atoms with Gasteiger partial charge in [-0.3, -0.25) is 14.5 Å². The highest BCUT2D eigenvalue weighted by Crippen LogP contribution is 2.48. The Morgan fingerprint density at radius 2 is 1.79 bits per heavy atom. The van der Waals surface area contributed by atoms with E-state index in [1.54, 1.807) is 12.1 Å². The zero-order valence-electron chi connectivity index (χ0n) is 17.8. The highest BCUT2D eigenvalue weighted by Gasteiger charge is 2.48. The summed E-state index contributed by atoms with van der Waals surface area (Å²) in [4.78, 5) is 27.5. The maximum Gasteiger partial charge on any atom is 0.300 e. The van der Waals surface area contributed by atoms with Crippen molar-refractivity contribution < 1.29 is 28.6 Å². The van der Waals surface area contributed by atoms with Gasteiger partial charge in [-0.2, -0.15) is 5.26 Å².